The van der Waals surface area contributed by atoms with Crippen LogP contribution in [-0.2, 0) is 5.41 Å². The van der Waals surface area contributed by atoms with Crippen molar-refractivity contribution in [3.05, 3.63) is 42.5 Å². The van der Waals surface area contributed by atoms with Crippen LogP contribution in [0.1, 0.15) is 31.2 Å². The molecule has 0 unspecified atom stereocenters. The van der Waals surface area contributed by atoms with Gasteiger partial charge in [-0.3, -0.25) is 0 Å². The molecule has 1 aromatic carbocycles. The molecule has 0 aliphatic heterocycles. The van der Waals surface area contributed by atoms with Crippen LogP contribution in [0.5, 0.6) is 5.75 Å². The molecule has 0 atom stereocenters. The van der Waals surface area contributed by atoms with Gasteiger partial charge in [0.1, 0.15) is 5.75 Å². The van der Waals surface area contributed by atoms with E-state index in [2.05, 4.69) is 29.3 Å². The number of methoxy groups -OCH3 is 1. The maximum atomic E-state index is 11.7. The summed E-state index contributed by atoms with van der Waals surface area (Å²) in [7, 11) is 1.67. The third-order valence-corrected chi connectivity index (χ3v) is 4.26. The third kappa shape index (κ3) is 3.78. The summed E-state index contributed by atoms with van der Waals surface area (Å²) in [6.45, 7) is 4.75. The molecule has 4 nitrogen and oxygen atoms in total. The Bertz CT molecular complexity index is 476. The molecule has 4 heteroatoms. The predicted octanol–water partition coefficient (Wildman–Crippen LogP) is 2.99. The van der Waals surface area contributed by atoms with Crippen molar-refractivity contribution in [1.82, 2.24) is 10.6 Å². The van der Waals surface area contributed by atoms with E-state index >= 15 is 0 Å². The molecule has 1 aliphatic carbocycles. The summed E-state index contributed by atoms with van der Waals surface area (Å²) in [6.07, 6.45) is 6.32. The molecule has 2 rings (SSSR count). The molecule has 1 aromatic rings. The lowest BCUT2D eigenvalue weighted by Gasteiger charge is -2.30. The lowest BCUT2D eigenvalue weighted by atomic mass is 9.79. The molecule has 0 heterocycles. The second kappa shape index (κ2) is 7.16. The zero-order valence-electron chi connectivity index (χ0n) is 12.7. The number of ether oxygens (including phenoxy) is 1. The van der Waals surface area contributed by atoms with Crippen LogP contribution in [0.3, 0.4) is 0 Å². The van der Waals surface area contributed by atoms with Crippen molar-refractivity contribution in [2.24, 2.45) is 0 Å². The molecular formula is C17H24N2O2. The van der Waals surface area contributed by atoms with Crippen molar-refractivity contribution in [2.75, 3.05) is 20.2 Å². The van der Waals surface area contributed by atoms with Crippen LogP contribution in [0.25, 0.3) is 0 Å². The van der Waals surface area contributed by atoms with Gasteiger partial charge in [-0.25, -0.2) is 4.79 Å². The summed E-state index contributed by atoms with van der Waals surface area (Å²) < 4.78 is 5.22. The standard InChI is InChI=1S/C17H24N2O2/c1-3-12-18-16(20)19-13-17(10-4-5-11-17)14-6-8-15(21-2)9-7-14/h3,6-9H,1,4-5,10-13H2,2H3,(H2,18,19,20). The fraction of sp³-hybridized carbons (Fsp3) is 0.471. The first-order chi connectivity index (χ1) is 10.2. The highest BCUT2D eigenvalue weighted by atomic mass is 16.5. The van der Waals surface area contributed by atoms with Crippen molar-refractivity contribution in [2.45, 2.75) is 31.1 Å². The van der Waals surface area contributed by atoms with Gasteiger partial charge in [0.25, 0.3) is 0 Å². The first kappa shape index (κ1) is 15.4. The molecule has 114 valence electrons. The fourth-order valence-corrected chi connectivity index (χ4v) is 3.04. The van der Waals surface area contributed by atoms with Gasteiger partial charge in [0.05, 0.1) is 7.11 Å². The van der Waals surface area contributed by atoms with E-state index in [-0.39, 0.29) is 11.4 Å². The van der Waals surface area contributed by atoms with Gasteiger partial charge in [-0.2, -0.15) is 0 Å². The minimum atomic E-state index is -0.130. The van der Waals surface area contributed by atoms with Gasteiger partial charge < -0.3 is 15.4 Å². The molecule has 0 radical (unpaired) electrons. The first-order valence-electron chi connectivity index (χ1n) is 7.47. The summed E-state index contributed by atoms with van der Waals surface area (Å²) in [6, 6.07) is 8.09. The number of amides is 2. The third-order valence-electron chi connectivity index (χ3n) is 4.26. The fourth-order valence-electron chi connectivity index (χ4n) is 3.04. The van der Waals surface area contributed by atoms with Gasteiger partial charge >= 0.3 is 6.03 Å². The Kier molecular flexibility index (Phi) is 5.26. The van der Waals surface area contributed by atoms with Crippen molar-refractivity contribution in [3.63, 3.8) is 0 Å². The highest BCUT2D eigenvalue weighted by Crippen LogP contribution is 2.41. The van der Waals surface area contributed by atoms with E-state index in [0.29, 0.717) is 13.1 Å². The van der Waals surface area contributed by atoms with E-state index in [9.17, 15) is 4.79 Å². The second-order valence-corrected chi connectivity index (χ2v) is 5.57. The molecule has 1 saturated carbocycles. The Balaban J connectivity index is 2.05. The quantitative estimate of drug-likeness (QED) is 0.791. The minimum Gasteiger partial charge on any atom is -0.497 e. The molecule has 0 saturated heterocycles. The molecule has 2 amide bonds. The highest BCUT2D eigenvalue weighted by molar-refractivity contribution is 5.74. The molecule has 2 N–H and O–H groups in total. The van der Waals surface area contributed by atoms with Crippen molar-refractivity contribution < 1.29 is 9.53 Å². The zero-order chi connectivity index (χ0) is 15.1. The summed E-state index contributed by atoms with van der Waals surface area (Å²) in [4.78, 5) is 11.7. The molecule has 1 fully saturated rings. The maximum Gasteiger partial charge on any atom is 0.315 e. The van der Waals surface area contributed by atoms with Crippen LogP contribution in [0.15, 0.2) is 36.9 Å². The normalized spacial score (nSPS) is 16.2. The lowest BCUT2D eigenvalue weighted by Crippen LogP contribution is -2.43. The lowest BCUT2D eigenvalue weighted by molar-refractivity contribution is 0.238. The average Bonchev–Trinajstić information content (AvgIpc) is 3.01. The second-order valence-electron chi connectivity index (χ2n) is 5.57. The smallest absolute Gasteiger partial charge is 0.315 e. The van der Waals surface area contributed by atoms with E-state index in [0.717, 1.165) is 18.6 Å². The average molecular weight is 288 g/mol. The Morgan fingerprint density at radius 2 is 1.95 bits per heavy atom. The minimum absolute atomic E-state index is 0.0534. The Morgan fingerprint density at radius 3 is 2.52 bits per heavy atom. The van der Waals surface area contributed by atoms with E-state index < -0.39 is 0 Å². The van der Waals surface area contributed by atoms with Crippen molar-refractivity contribution in [3.8, 4) is 5.75 Å². The largest absolute Gasteiger partial charge is 0.497 e. The van der Waals surface area contributed by atoms with E-state index in [1.807, 2.05) is 12.1 Å². The number of carbonyl (C=O) groups is 1. The number of hydrogen-bond donors (Lipinski definition) is 2. The van der Waals surface area contributed by atoms with Gasteiger partial charge in [0.2, 0.25) is 0 Å². The van der Waals surface area contributed by atoms with Gasteiger partial charge in [-0.15, -0.1) is 6.58 Å². The SMILES string of the molecule is C=CCNC(=O)NCC1(c2ccc(OC)cc2)CCCC1. The van der Waals surface area contributed by atoms with Gasteiger partial charge in [0, 0.05) is 18.5 Å². The zero-order valence-corrected chi connectivity index (χ0v) is 12.7. The number of urea groups is 1. The Labute approximate surface area is 126 Å². The molecule has 21 heavy (non-hydrogen) atoms. The van der Waals surface area contributed by atoms with Crippen LogP contribution < -0.4 is 15.4 Å². The highest BCUT2D eigenvalue weighted by Gasteiger charge is 2.35. The van der Waals surface area contributed by atoms with Gasteiger partial charge in [-0.1, -0.05) is 31.1 Å². The molecule has 0 bridgehead atoms. The number of nitrogens with one attached hydrogen (secondary N) is 2. The molecule has 0 spiro atoms. The van der Waals surface area contributed by atoms with Crippen molar-refractivity contribution in [1.29, 1.82) is 0 Å². The summed E-state index contributed by atoms with van der Waals surface area (Å²) in [5.41, 5.74) is 1.34. The van der Waals surface area contributed by atoms with Crippen LogP contribution >= 0.6 is 0 Å². The number of rotatable bonds is 6. The van der Waals surface area contributed by atoms with Crippen molar-refractivity contribution >= 4 is 6.03 Å². The summed E-state index contributed by atoms with van der Waals surface area (Å²) >= 11 is 0. The van der Waals surface area contributed by atoms with E-state index in [1.54, 1.807) is 13.2 Å². The molecular weight excluding hydrogens is 264 g/mol. The van der Waals surface area contributed by atoms with E-state index in [4.69, 9.17) is 4.74 Å². The van der Waals surface area contributed by atoms with E-state index in [1.165, 1.54) is 18.4 Å². The molecule has 1 aliphatic rings. The van der Waals surface area contributed by atoms with Crippen LogP contribution in [0.2, 0.25) is 0 Å². The predicted molar refractivity (Wildman–Crippen MR) is 84.7 cm³/mol. The van der Waals surface area contributed by atoms with Crippen LogP contribution in [0, 0.1) is 0 Å². The Hall–Kier alpha value is -1.97. The van der Waals surface area contributed by atoms with Crippen LogP contribution in [-0.4, -0.2) is 26.2 Å². The Morgan fingerprint density at radius 1 is 1.29 bits per heavy atom. The first-order valence-corrected chi connectivity index (χ1v) is 7.47. The van der Waals surface area contributed by atoms with Gasteiger partial charge in [-0.05, 0) is 30.5 Å². The number of benzene rings is 1. The van der Waals surface area contributed by atoms with Crippen LogP contribution in [0.4, 0.5) is 4.79 Å². The number of hydrogen-bond acceptors (Lipinski definition) is 2. The number of carbonyl (C=O) groups excluding carboxylic acids is 1. The summed E-state index contributed by atoms with van der Waals surface area (Å²) in [5, 5.41) is 5.75. The maximum absolute atomic E-state index is 11.7. The topological polar surface area (TPSA) is 50.4 Å². The monoisotopic (exact) mass is 288 g/mol. The van der Waals surface area contributed by atoms with Gasteiger partial charge in [0.15, 0.2) is 0 Å². The molecule has 0 aromatic heterocycles. The summed E-state index contributed by atoms with van der Waals surface area (Å²) in [5.74, 6) is 0.864.